The third-order valence-electron chi connectivity index (χ3n) is 3.13. The molecule has 1 atom stereocenters. The van der Waals surface area contributed by atoms with Gasteiger partial charge in [0.15, 0.2) is 0 Å². The number of hydrogen-bond acceptors (Lipinski definition) is 3. The van der Waals surface area contributed by atoms with Crippen LogP contribution >= 0.6 is 27.5 Å². The van der Waals surface area contributed by atoms with Crippen molar-refractivity contribution in [1.29, 1.82) is 0 Å². The Hall–Kier alpha value is -0.140. The summed E-state index contributed by atoms with van der Waals surface area (Å²) < 4.78 is 28.1. The molecule has 1 aliphatic rings. The summed E-state index contributed by atoms with van der Waals surface area (Å²) in [5.41, 5.74) is 0. The number of hydrogen-bond donors (Lipinski definition) is 1. The van der Waals surface area contributed by atoms with E-state index < -0.39 is 10.0 Å². The highest BCUT2D eigenvalue weighted by molar-refractivity contribution is 9.10. The summed E-state index contributed by atoms with van der Waals surface area (Å²) in [6, 6.07) is 4.72. The molecule has 0 radical (unpaired) electrons. The Morgan fingerprint density at radius 2 is 2.21 bits per heavy atom. The average molecular weight is 368 g/mol. The van der Waals surface area contributed by atoms with E-state index in [2.05, 4.69) is 25.6 Å². The number of nitrogens with one attached hydrogen (secondary N) is 1. The van der Waals surface area contributed by atoms with Crippen LogP contribution in [-0.4, -0.2) is 39.5 Å². The highest BCUT2D eigenvalue weighted by Crippen LogP contribution is 2.25. The fourth-order valence-corrected chi connectivity index (χ4v) is 4.54. The number of halogens is 2. The topological polar surface area (TPSA) is 49.4 Å². The van der Waals surface area contributed by atoms with E-state index in [0.717, 1.165) is 30.4 Å². The van der Waals surface area contributed by atoms with Crippen LogP contribution in [0.15, 0.2) is 27.6 Å². The molecule has 1 N–H and O–H groups in total. The first-order valence-electron chi connectivity index (χ1n) is 6.04. The Morgan fingerprint density at radius 1 is 1.47 bits per heavy atom. The Morgan fingerprint density at radius 3 is 2.84 bits per heavy atom. The lowest BCUT2D eigenvalue weighted by Gasteiger charge is -2.30. The number of nitrogens with zero attached hydrogens (tertiary/aromatic N) is 1. The van der Waals surface area contributed by atoms with E-state index >= 15 is 0 Å². The molecule has 1 fully saturated rings. The van der Waals surface area contributed by atoms with Gasteiger partial charge in [-0.25, -0.2) is 13.1 Å². The van der Waals surface area contributed by atoms with Gasteiger partial charge < -0.3 is 4.90 Å². The first-order valence-corrected chi connectivity index (χ1v) is 8.70. The van der Waals surface area contributed by atoms with Crippen LogP contribution in [0.2, 0.25) is 5.02 Å². The Kier molecular flexibility index (Phi) is 4.89. The number of benzene rings is 1. The molecule has 1 aromatic rings. The number of piperidine rings is 1. The van der Waals surface area contributed by atoms with Gasteiger partial charge in [0.2, 0.25) is 10.0 Å². The normalized spacial score (nSPS) is 21.5. The zero-order chi connectivity index (χ0) is 14.0. The van der Waals surface area contributed by atoms with Crippen LogP contribution in [0.4, 0.5) is 0 Å². The first kappa shape index (κ1) is 15.3. The molecule has 106 valence electrons. The summed E-state index contributed by atoms with van der Waals surface area (Å²) in [7, 11) is -1.57. The lowest BCUT2D eigenvalue weighted by Crippen LogP contribution is -2.46. The second-order valence-corrected chi connectivity index (χ2v) is 7.80. The molecule has 7 heteroatoms. The van der Waals surface area contributed by atoms with Gasteiger partial charge in [-0.05, 0) is 44.6 Å². The third kappa shape index (κ3) is 3.92. The quantitative estimate of drug-likeness (QED) is 0.893. The van der Waals surface area contributed by atoms with Gasteiger partial charge in [-0.15, -0.1) is 0 Å². The van der Waals surface area contributed by atoms with Crippen molar-refractivity contribution in [3.63, 3.8) is 0 Å². The van der Waals surface area contributed by atoms with Crippen LogP contribution in [0.5, 0.6) is 0 Å². The van der Waals surface area contributed by atoms with Crippen molar-refractivity contribution < 1.29 is 8.42 Å². The molecule has 4 nitrogen and oxygen atoms in total. The second-order valence-electron chi connectivity index (χ2n) is 4.80. The molecule has 1 aliphatic heterocycles. The molecule has 19 heavy (non-hydrogen) atoms. The predicted molar refractivity (Wildman–Crippen MR) is 80.0 cm³/mol. The van der Waals surface area contributed by atoms with Crippen molar-refractivity contribution in [2.24, 2.45) is 0 Å². The smallest absolute Gasteiger partial charge is 0.242 e. The number of sulfonamides is 1. The van der Waals surface area contributed by atoms with E-state index in [1.165, 1.54) is 6.07 Å². The molecule has 0 saturated carbocycles. The predicted octanol–water partition coefficient (Wildman–Crippen LogP) is 2.48. The summed E-state index contributed by atoms with van der Waals surface area (Å²) in [6.45, 7) is 1.74. The van der Waals surface area contributed by atoms with E-state index in [4.69, 9.17) is 11.6 Å². The number of likely N-dealkylation sites (N-methyl/N-ethyl adjacent to an activating group) is 1. The SMILES string of the molecule is CN1CCCC(NS(=O)(=O)c2ccc(Br)cc2Cl)C1. The van der Waals surface area contributed by atoms with Crippen molar-refractivity contribution in [2.45, 2.75) is 23.8 Å². The molecule has 1 heterocycles. The van der Waals surface area contributed by atoms with E-state index in [0.29, 0.717) is 0 Å². The molecule has 1 unspecified atom stereocenters. The Bertz CT molecular complexity index is 565. The number of likely N-dealkylation sites (tertiary alicyclic amines) is 1. The third-order valence-corrected chi connectivity index (χ3v) is 5.63. The molecular formula is C12H16BrClN2O2S. The first-order chi connectivity index (χ1) is 8.88. The molecule has 0 aromatic heterocycles. The molecular weight excluding hydrogens is 352 g/mol. The van der Waals surface area contributed by atoms with Crippen LogP contribution in [-0.2, 0) is 10.0 Å². The van der Waals surface area contributed by atoms with E-state index in [9.17, 15) is 8.42 Å². The van der Waals surface area contributed by atoms with Gasteiger partial charge >= 0.3 is 0 Å². The molecule has 1 aromatic carbocycles. The van der Waals surface area contributed by atoms with Gasteiger partial charge in [0, 0.05) is 17.1 Å². The molecule has 2 rings (SSSR count). The Labute approximate surface area is 127 Å². The second kappa shape index (κ2) is 6.10. The monoisotopic (exact) mass is 366 g/mol. The lowest BCUT2D eigenvalue weighted by molar-refractivity contribution is 0.242. The average Bonchev–Trinajstić information content (AvgIpc) is 2.27. The van der Waals surface area contributed by atoms with Gasteiger partial charge in [0.25, 0.3) is 0 Å². The van der Waals surface area contributed by atoms with Crippen LogP contribution in [0.3, 0.4) is 0 Å². The van der Waals surface area contributed by atoms with Gasteiger partial charge in [-0.3, -0.25) is 0 Å². The highest BCUT2D eigenvalue weighted by atomic mass is 79.9. The van der Waals surface area contributed by atoms with Crippen LogP contribution in [0, 0.1) is 0 Å². The summed E-state index contributed by atoms with van der Waals surface area (Å²) in [6.07, 6.45) is 1.86. The minimum absolute atomic E-state index is 0.0523. The van der Waals surface area contributed by atoms with Gasteiger partial charge in [-0.1, -0.05) is 27.5 Å². The molecule has 0 spiro atoms. The van der Waals surface area contributed by atoms with Gasteiger partial charge in [0.1, 0.15) is 4.90 Å². The molecule has 0 aliphatic carbocycles. The van der Waals surface area contributed by atoms with E-state index in [-0.39, 0.29) is 16.0 Å². The minimum Gasteiger partial charge on any atom is -0.305 e. The summed E-state index contributed by atoms with van der Waals surface area (Å²) in [5.74, 6) is 0. The maximum atomic E-state index is 12.3. The fraction of sp³-hybridized carbons (Fsp3) is 0.500. The van der Waals surface area contributed by atoms with Crippen molar-refractivity contribution >= 4 is 37.6 Å². The highest BCUT2D eigenvalue weighted by Gasteiger charge is 2.25. The zero-order valence-electron chi connectivity index (χ0n) is 10.6. The molecule has 1 saturated heterocycles. The maximum absolute atomic E-state index is 12.3. The van der Waals surface area contributed by atoms with Crippen LogP contribution in [0.25, 0.3) is 0 Å². The minimum atomic E-state index is -3.56. The maximum Gasteiger partial charge on any atom is 0.242 e. The standard InChI is InChI=1S/C12H16BrClN2O2S/c1-16-6-2-3-10(8-16)15-19(17,18)12-5-4-9(13)7-11(12)14/h4-5,7,10,15H,2-3,6,8H2,1H3. The van der Waals surface area contributed by atoms with Crippen molar-refractivity contribution in [1.82, 2.24) is 9.62 Å². The fourth-order valence-electron chi connectivity index (χ4n) is 2.24. The van der Waals surface area contributed by atoms with Gasteiger partial charge in [-0.2, -0.15) is 0 Å². The summed E-state index contributed by atoms with van der Waals surface area (Å²) >= 11 is 9.26. The van der Waals surface area contributed by atoms with Gasteiger partial charge in [0.05, 0.1) is 5.02 Å². The molecule has 0 amide bonds. The van der Waals surface area contributed by atoms with Crippen molar-refractivity contribution in [3.05, 3.63) is 27.7 Å². The van der Waals surface area contributed by atoms with Crippen molar-refractivity contribution in [3.8, 4) is 0 Å². The van der Waals surface area contributed by atoms with Crippen LogP contribution in [0.1, 0.15) is 12.8 Å². The van der Waals surface area contributed by atoms with Crippen molar-refractivity contribution in [2.75, 3.05) is 20.1 Å². The Balaban J connectivity index is 2.18. The summed E-state index contributed by atoms with van der Waals surface area (Å²) in [5, 5.41) is 0.228. The van der Waals surface area contributed by atoms with Crippen LogP contribution < -0.4 is 4.72 Å². The van der Waals surface area contributed by atoms with E-state index in [1.54, 1.807) is 12.1 Å². The largest absolute Gasteiger partial charge is 0.305 e. The molecule has 0 bridgehead atoms. The van der Waals surface area contributed by atoms with E-state index in [1.807, 2.05) is 7.05 Å². The number of rotatable bonds is 3. The zero-order valence-corrected chi connectivity index (χ0v) is 13.7. The lowest BCUT2D eigenvalue weighted by atomic mass is 10.1. The summed E-state index contributed by atoms with van der Waals surface area (Å²) in [4.78, 5) is 2.26.